The standard InChI is InChI=1S/C5H6NOS/c1-2-4-5(7)6-3-8-4/h7H,2H2,1H3. The van der Waals surface area contributed by atoms with Crippen molar-refractivity contribution in [1.82, 2.24) is 4.98 Å². The minimum Gasteiger partial charge on any atom is -0.492 e. The van der Waals surface area contributed by atoms with Crippen molar-refractivity contribution in [2.45, 2.75) is 13.3 Å². The van der Waals surface area contributed by atoms with Gasteiger partial charge in [0.05, 0.1) is 4.88 Å². The number of thiazole rings is 1. The van der Waals surface area contributed by atoms with E-state index in [2.05, 4.69) is 10.5 Å². The number of nitrogens with zero attached hydrogens (tertiary/aromatic N) is 1. The van der Waals surface area contributed by atoms with Gasteiger partial charge in [0, 0.05) is 0 Å². The minimum absolute atomic E-state index is 0.137. The predicted molar refractivity (Wildman–Crippen MR) is 32.0 cm³/mol. The summed E-state index contributed by atoms with van der Waals surface area (Å²) >= 11 is 1.36. The van der Waals surface area contributed by atoms with Crippen LogP contribution >= 0.6 is 11.3 Å². The van der Waals surface area contributed by atoms with E-state index in [1.807, 2.05) is 6.92 Å². The van der Waals surface area contributed by atoms with Gasteiger partial charge >= 0.3 is 0 Å². The Morgan fingerprint density at radius 1 is 1.88 bits per heavy atom. The summed E-state index contributed by atoms with van der Waals surface area (Å²) in [4.78, 5) is 4.44. The molecular formula is C5H6NOS. The lowest BCUT2D eigenvalue weighted by atomic mass is 10.4. The van der Waals surface area contributed by atoms with Gasteiger partial charge in [-0.2, -0.15) is 4.98 Å². The van der Waals surface area contributed by atoms with E-state index in [1.54, 1.807) is 0 Å². The lowest BCUT2D eigenvalue weighted by Gasteiger charge is -1.84. The van der Waals surface area contributed by atoms with Crippen LogP contribution in [0.15, 0.2) is 0 Å². The van der Waals surface area contributed by atoms with Crippen LogP contribution in [0.3, 0.4) is 0 Å². The van der Waals surface area contributed by atoms with Gasteiger partial charge in [-0.15, -0.1) is 11.3 Å². The van der Waals surface area contributed by atoms with Crippen LogP contribution in [-0.2, 0) is 6.42 Å². The summed E-state index contributed by atoms with van der Waals surface area (Å²) in [6.45, 7) is 1.97. The van der Waals surface area contributed by atoms with E-state index in [9.17, 15) is 0 Å². The van der Waals surface area contributed by atoms with Crippen LogP contribution in [0.2, 0.25) is 0 Å². The van der Waals surface area contributed by atoms with Crippen LogP contribution in [0.25, 0.3) is 0 Å². The van der Waals surface area contributed by atoms with Crippen LogP contribution in [0.5, 0.6) is 5.88 Å². The lowest BCUT2D eigenvalue weighted by Crippen LogP contribution is -1.70. The predicted octanol–water partition coefficient (Wildman–Crippen LogP) is 1.21. The van der Waals surface area contributed by atoms with E-state index >= 15 is 0 Å². The average molecular weight is 128 g/mol. The Balaban J connectivity index is 2.92. The van der Waals surface area contributed by atoms with E-state index in [0.29, 0.717) is 0 Å². The average Bonchev–Trinajstić information content (AvgIpc) is 2.14. The second-order valence-corrected chi connectivity index (χ2v) is 2.28. The highest BCUT2D eigenvalue weighted by Crippen LogP contribution is 2.18. The third kappa shape index (κ3) is 0.816. The normalized spacial score (nSPS) is 9.62. The molecule has 0 unspecified atom stereocenters. The maximum absolute atomic E-state index is 8.82. The fourth-order valence-electron chi connectivity index (χ4n) is 0.459. The van der Waals surface area contributed by atoms with Gasteiger partial charge in [-0.1, -0.05) is 6.92 Å². The molecule has 0 fully saturated rings. The summed E-state index contributed by atoms with van der Waals surface area (Å²) in [5.74, 6) is 0.137. The first-order valence-corrected chi connectivity index (χ1v) is 3.21. The van der Waals surface area contributed by atoms with Gasteiger partial charge in [0.25, 0.3) is 0 Å². The zero-order valence-electron chi connectivity index (χ0n) is 4.51. The first-order valence-electron chi connectivity index (χ1n) is 2.39. The van der Waals surface area contributed by atoms with Crippen molar-refractivity contribution >= 4 is 11.3 Å². The highest BCUT2D eigenvalue weighted by atomic mass is 32.1. The van der Waals surface area contributed by atoms with Crippen molar-refractivity contribution in [3.63, 3.8) is 0 Å². The lowest BCUT2D eigenvalue weighted by molar-refractivity contribution is 0.451. The molecule has 1 N–H and O–H groups in total. The smallest absolute Gasteiger partial charge is 0.225 e. The number of hydrogen-bond donors (Lipinski definition) is 1. The summed E-state index contributed by atoms with van der Waals surface area (Å²) < 4.78 is 0. The molecule has 0 saturated heterocycles. The van der Waals surface area contributed by atoms with Crippen molar-refractivity contribution in [3.05, 3.63) is 10.4 Å². The van der Waals surface area contributed by atoms with Crippen molar-refractivity contribution in [3.8, 4) is 5.88 Å². The van der Waals surface area contributed by atoms with Gasteiger partial charge in [0.1, 0.15) is 0 Å². The van der Waals surface area contributed by atoms with Gasteiger partial charge in [-0.3, -0.25) is 0 Å². The number of aromatic nitrogens is 1. The molecule has 1 aromatic rings. The molecule has 0 spiro atoms. The zero-order chi connectivity index (χ0) is 5.98. The molecule has 43 valence electrons. The molecule has 0 saturated carbocycles. The molecule has 0 aromatic carbocycles. The Labute approximate surface area is 51.8 Å². The number of hydrogen-bond acceptors (Lipinski definition) is 3. The van der Waals surface area contributed by atoms with Crippen LogP contribution in [0.1, 0.15) is 11.8 Å². The molecule has 2 nitrogen and oxygen atoms in total. The van der Waals surface area contributed by atoms with Crippen LogP contribution in [0, 0.1) is 5.51 Å². The molecule has 0 aliphatic carbocycles. The summed E-state index contributed by atoms with van der Waals surface area (Å²) in [5, 5.41) is 8.82. The van der Waals surface area contributed by atoms with E-state index in [4.69, 9.17) is 5.11 Å². The number of rotatable bonds is 1. The third-order valence-electron chi connectivity index (χ3n) is 0.891. The van der Waals surface area contributed by atoms with Gasteiger partial charge in [-0.05, 0) is 6.42 Å². The second kappa shape index (κ2) is 2.13. The maximum atomic E-state index is 8.82. The summed E-state index contributed by atoms with van der Waals surface area (Å²) in [6, 6.07) is 0. The van der Waals surface area contributed by atoms with E-state index < -0.39 is 0 Å². The van der Waals surface area contributed by atoms with Gasteiger partial charge in [0.2, 0.25) is 5.88 Å². The molecule has 0 aliphatic heterocycles. The first-order chi connectivity index (χ1) is 3.84. The van der Waals surface area contributed by atoms with Gasteiger partial charge in [-0.25, -0.2) is 0 Å². The fraction of sp³-hybridized carbons (Fsp3) is 0.400. The van der Waals surface area contributed by atoms with Crippen LogP contribution in [0.4, 0.5) is 0 Å². The second-order valence-electron chi connectivity index (χ2n) is 1.41. The highest BCUT2D eigenvalue weighted by molar-refractivity contribution is 7.09. The molecule has 1 radical (unpaired) electrons. The van der Waals surface area contributed by atoms with Gasteiger partial charge in [0.15, 0.2) is 5.51 Å². The Bertz CT molecular complexity index is 173. The molecular weight excluding hydrogens is 122 g/mol. The summed E-state index contributed by atoms with van der Waals surface area (Å²) in [5.41, 5.74) is 2.59. The van der Waals surface area contributed by atoms with E-state index in [-0.39, 0.29) is 5.88 Å². The summed E-state index contributed by atoms with van der Waals surface area (Å²) in [6.07, 6.45) is 0.840. The minimum atomic E-state index is 0.137. The molecule has 1 rings (SSSR count). The Kier molecular flexibility index (Phi) is 1.48. The molecule has 1 aromatic heterocycles. The largest absolute Gasteiger partial charge is 0.492 e. The molecule has 8 heavy (non-hydrogen) atoms. The topological polar surface area (TPSA) is 33.1 Å². The van der Waals surface area contributed by atoms with Crippen molar-refractivity contribution in [2.24, 2.45) is 0 Å². The number of aryl methyl sites for hydroxylation is 1. The Morgan fingerprint density at radius 3 is 2.88 bits per heavy atom. The Morgan fingerprint density at radius 2 is 2.62 bits per heavy atom. The Hall–Kier alpha value is -0.570. The first kappa shape index (κ1) is 5.56. The number of aromatic hydroxyl groups is 1. The van der Waals surface area contributed by atoms with Crippen molar-refractivity contribution in [2.75, 3.05) is 0 Å². The molecule has 1 heterocycles. The zero-order valence-corrected chi connectivity index (χ0v) is 5.33. The van der Waals surface area contributed by atoms with E-state index in [0.717, 1.165) is 11.3 Å². The van der Waals surface area contributed by atoms with E-state index in [1.165, 1.54) is 11.3 Å². The molecule has 0 bridgehead atoms. The molecule has 0 amide bonds. The third-order valence-corrected chi connectivity index (χ3v) is 1.79. The van der Waals surface area contributed by atoms with Crippen molar-refractivity contribution in [1.29, 1.82) is 0 Å². The van der Waals surface area contributed by atoms with Crippen LogP contribution < -0.4 is 0 Å². The SMILES string of the molecule is CCc1s[c]nc1O. The fourth-order valence-corrected chi connectivity index (χ4v) is 0.983. The molecule has 3 heteroatoms. The maximum Gasteiger partial charge on any atom is 0.225 e. The monoisotopic (exact) mass is 128 g/mol. The molecule has 0 aliphatic rings. The van der Waals surface area contributed by atoms with Crippen molar-refractivity contribution < 1.29 is 5.11 Å². The quantitative estimate of drug-likeness (QED) is 0.616. The summed E-state index contributed by atoms with van der Waals surface area (Å²) in [7, 11) is 0. The van der Waals surface area contributed by atoms with Crippen LogP contribution in [-0.4, -0.2) is 10.1 Å². The highest BCUT2D eigenvalue weighted by Gasteiger charge is 1.98. The molecule has 0 atom stereocenters. The van der Waals surface area contributed by atoms with Gasteiger partial charge < -0.3 is 5.11 Å².